The molecule has 2 aliphatic heterocycles. The van der Waals surface area contributed by atoms with Crippen molar-refractivity contribution in [2.45, 2.75) is 50.2 Å². The van der Waals surface area contributed by atoms with Gasteiger partial charge >= 0.3 is 6.18 Å². The largest absolute Gasteiger partial charge is 0.435 e. The molecule has 0 aromatic heterocycles. The van der Waals surface area contributed by atoms with Gasteiger partial charge in [-0.15, -0.1) is 0 Å². The summed E-state index contributed by atoms with van der Waals surface area (Å²) < 4.78 is 42.5. The third-order valence-corrected chi connectivity index (χ3v) is 6.18. The van der Waals surface area contributed by atoms with E-state index >= 15 is 0 Å². The maximum atomic E-state index is 14.2. The minimum atomic E-state index is -4.69. The van der Waals surface area contributed by atoms with Gasteiger partial charge in [-0.3, -0.25) is 0 Å². The molecule has 0 radical (unpaired) electrons. The molecule has 1 unspecified atom stereocenters. The van der Waals surface area contributed by atoms with E-state index in [1.807, 2.05) is 17.0 Å². The number of hydrogen-bond donors (Lipinski definition) is 1. The van der Waals surface area contributed by atoms with Gasteiger partial charge in [0.1, 0.15) is 5.84 Å². The van der Waals surface area contributed by atoms with E-state index in [0.29, 0.717) is 19.1 Å². The maximum Gasteiger partial charge on any atom is 0.435 e. The van der Waals surface area contributed by atoms with Crippen LogP contribution in [0.4, 0.5) is 18.9 Å². The number of oxime groups is 1. The Balaban J connectivity index is 1.39. The lowest BCUT2D eigenvalue weighted by Gasteiger charge is -2.30. The van der Waals surface area contributed by atoms with Gasteiger partial charge in [-0.1, -0.05) is 34.4 Å². The van der Waals surface area contributed by atoms with Crippen LogP contribution < -0.4 is 5.32 Å². The zero-order valence-electron chi connectivity index (χ0n) is 15.8. The topological polar surface area (TPSA) is 36.9 Å². The van der Waals surface area contributed by atoms with Crippen LogP contribution in [0.5, 0.6) is 0 Å². The smallest absolute Gasteiger partial charge is 0.382 e. The Morgan fingerprint density at radius 1 is 1.03 bits per heavy atom. The van der Waals surface area contributed by atoms with Crippen LogP contribution in [0.3, 0.4) is 0 Å². The first kappa shape index (κ1) is 19.8. The Labute approximate surface area is 181 Å². The molecule has 0 spiro atoms. The van der Waals surface area contributed by atoms with Gasteiger partial charge in [0.2, 0.25) is 0 Å². The molecule has 1 N–H and O–H groups in total. The Morgan fingerprint density at radius 2 is 1.73 bits per heavy atom. The molecule has 0 saturated heterocycles. The molecule has 2 aromatic rings. The van der Waals surface area contributed by atoms with Crippen LogP contribution in [0.25, 0.3) is 0 Å². The van der Waals surface area contributed by atoms with Crippen molar-refractivity contribution in [1.29, 1.82) is 0 Å². The molecule has 5 rings (SSSR count). The number of rotatable bonds is 3. The summed E-state index contributed by atoms with van der Waals surface area (Å²) in [6, 6.07) is 10.5. The Kier molecular flexibility index (Phi) is 4.59. The van der Waals surface area contributed by atoms with Gasteiger partial charge in [0.25, 0.3) is 5.60 Å². The predicted molar refractivity (Wildman–Crippen MR) is 110 cm³/mol. The molecule has 0 bridgehead atoms. The van der Waals surface area contributed by atoms with E-state index in [1.165, 1.54) is 31.0 Å². The summed E-state index contributed by atoms with van der Waals surface area (Å²) in [6.07, 6.45) is -2.79. The van der Waals surface area contributed by atoms with Gasteiger partial charge < -0.3 is 15.1 Å². The summed E-state index contributed by atoms with van der Waals surface area (Å²) in [7, 11) is 0. The molecule has 1 fully saturated rings. The number of halogens is 5. The maximum absolute atomic E-state index is 14.2. The molecular weight excluding hydrogens is 438 g/mol. The van der Waals surface area contributed by atoms with Crippen molar-refractivity contribution in [2.75, 3.05) is 5.32 Å². The number of alkyl halides is 3. The van der Waals surface area contributed by atoms with Crippen LogP contribution in [0.1, 0.15) is 36.0 Å². The summed E-state index contributed by atoms with van der Waals surface area (Å²) in [6.45, 7) is 0.980. The first-order chi connectivity index (χ1) is 14.2. The highest BCUT2D eigenvalue weighted by atomic mass is 35.5. The lowest BCUT2D eigenvalue weighted by atomic mass is 9.89. The molecule has 1 aliphatic carbocycles. The number of nitrogens with one attached hydrogen (secondary N) is 1. The van der Waals surface area contributed by atoms with E-state index < -0.39 is 18.2 Å². The predicted octanol–water partition coefficient (Wildman–Crippen LogP) is 6.07. The lowest BCUT2D eigenvalue weighted by Crippen LogP contribution is -2.43. The second-order valence-corrected chi connectivity index (χ2v) is 8.89. The first-order valence-corrected chi connectivity index (χ1v) is 10.4. The van der Waals surface area contributed by atoms with Gasteiger partial charge in [0, 0.05) is 40.4 Å². The van der Waals surface area contributed by atoms with Crippen LogP contribution >= 0.6 is 23.2 Å². The first-order valence-electron chi connectivity index (χ1n) is 9.65. The molecule has 1 saturated carbocycles. The highest BCUT2D eigenvalue weighted by Crippen LogP contribution is 2.50. The van der Waals surface area contributed by atoms with Crippen LogP contribution in [0, 0.1) is 0 Å². The fourth-order valence-corrected chi connectivity index (χ4v) is 4.50. The van der Waals surface area contributed by atoms with Crippen LogP contribution in [0.15, 0.2) is 41.6 Å². The monoisotopic (exact) mass is 455 g/mol. The molecule has 1 atom stereocenters. The second kappa shape index (κ2) is 6.95. The number of amidine groups is 1. The number of benzene rings is 2. The average Bonchev–Trinajstić information content (AvgIpc) is 3.19. The highest BCUT2D eigenvalue weighted by molar-refractivity contribution is 6.34. The van der Waals surface area contributed by atoms with E-state index in [4.69, 9.17) is 28.0 Å². The molecular formula is C21H18Cl2F3N3O. The number of anilines is 1. The third-order valence-electron chi connectivity index (χ3n) is 5.74. The van der Waals surface area contributed by atoms with Crippen LogP contribution in [-0.4, -0.2) is 23.0 Å². The van der Waals surface area contributed by atoms with Crippen LogP contribution in [0.2, 0.25) is 10.0 Å². The highest BCUT2D eigenvalue weighted by Gasteiger charge is 2.63. The van der Waals surface area contributed by atoms with Crippen molar-refractivity contribution in [3.05, 3.63) is 63.1 Å². The van der Waals surface area contributed by atoms with Crippen molar-refractivity contribution in [2.24, 2.45) is 5.16 Å². The van der Waals surface area contributed by atoms with Crippen molar-refractivity contribution < 1.29 is 18.0 Å². The molecule has 0 amide bonds. The van der Waals surface area contributed by atoms with Gasteiger partial charge in [-0.2, -0.15) is 13.2 Å². The number of nitrogens with zero attached hydrogens (tertiary/aromatic N) is 2. The second-order valence-electron chi connectivity index (χ2n) is 8.02. The Hall–Kier alpha value is -2.12. The molecule has 158 valence electrons. The van der Waals surface area contributed by atoms with E-state index in [9.17, 15) is 13.2 Å². The van der Waals surface area contributed by atoms with Gasteiger partial charge in [-0.25, -0.2) is 0 Å². The van der Waals surface area contributed by atoms with Crippen molar-refractivity contribution >= 4 is 34.7 Å². The Bertz CT molecular complexity index is 1020. The van der Waals surface area contributed by atoms with Gasteiger partial charge in [0.05, 0.1) is 6.42 Å². The average molecular weight is 456 g/mol. The Morgan fingerprint density at radius 3 is 2.40 bits per heavy atom. The van der Waals surface area contributed by atoms with Gasteiger partial charge in [0.15, 0.2) is 0 Å². The zero-order chi connectivity index (χ0) is 21.1. The lowest BCUT2D eigenvalue weighted by molar-refractivity contribution is -0.275. The molecule has 3 aliphatic rings. The summed E-state index contributed by atoms with van der Waals surface area (Å²) in [5, 5.41) is 7.53. The molecule has 30 heavy (non-hydrogen) atoms. The molecule has 9 heteroatoms. The molecule has 2 aromatic carbocycles. The minimum absolute atomic E-state index is 0.113. The normalized spacial score (nSPS) is 23.2. The third kappa shape index (κ3) is 3.48. The summed E-state index contributed by atoms with van der Waals surface area (Å²) in [5.74, 6) is 0.260. The fourth-order valence-electron chi connectivity index (χ4n) is 3.97. The summed E-state index contributed by atoms with van der Waals surface area (Å²) in [5.41, 5.74) is 0.442. The van der Waals surface area contributed by atoms with Crippen LogP contribution in [-0.2, 0) is 23.5 Å². The van der Waals surface area contributed by atoms with Crippen molar-refractivity contribution in [3.63, 3.8) is 0 Å². The summed E-state index contributed by atoms with van der Waals surface area (Å²) in [4.78, 5) is 6.93. The molecule has 4 nitrogen and oxygen atoms in total. The standard InChI is InChI=1S/C21H18Cl2F3N3O/c22-15-6-14(7-16(23)8-15)20(21(24,25)26)9-19(28-30-20)29-10-12-1-2-18(5-13(12)11-29)27-17-3-4-17/h1-2,5-8,17,27H,3-4,9-11H2. The number of fused-ring (bicyclic) bond motifs is 1. The number of hydrogen-bond acceptors (Lipinski definition) is 4. The summed E-state index contributed by atoms with van der Waals surface area (Å²) >= 11 is 11.9. The van der Waals surface area contributed by atoms with E-state index in [1.54, 1.807) is 0 Å². The fraction of sp³-hybridized carbons (Fsp3) is 0.381. The van der Waals surface area contributed by atoms with Crippen molar-refractivity contribution in [3.8, 4) is 0 Å². The van der Waals surface area contributed by atoms with E-state index in [-0.39, 0.29) is 21.4 Å². The molecule has 2 heterocycles. The SMILES string of the molecule is FC(F)(F)C1(c2cc(Cl)cc(Cl)c2)CC(N2Cc3ccc(NC4CC4)cc3C2)=NO1. The quantitative estimate of drug-likeness (QED) is 0.609. The van der Waals surface area contributed by atoms with E-state index in [0.717, 1.165) is 16.8 Å². The van der Waals surface area contributed by atoms with Gasteiger partial charge in [-0.05, 0) is 54.3 Å². The van der Waals surface area contributed by atoms with E-state index in [2.05, 4.69) is 16.5 Å². The minimum Gasteiger partial charge on any atom is -0.382 e. The van der Waals surface area contributed by atoms with Crippen molar-refractivity contribution in [1.82, 2.24) is 4.90 Å². The zero-order valence-corrected chi connectivity index (χ0v) is 17.3.